The quantitative estimate of drug-likeness (QED) is 0.609. The second kappa shape index (κ2) is 3.21. The molecule has 6 heteroatoms. The molecule has 0 atom stereocenters. The number of anilines is 1. The van der Waals surface area contributed by atoms with E-state index >= 15 is 0 Å². The summed E-state index contributed by atoms with van der Waals surface area (Å²) >= 11 is 0. The third-order valence-electron chi connectivity index (χ3n) is 1.50. The van der Waals surface area contributed by atoms with Gasteiger partial charge < -0.3 is 11.1 Å². The number of nitrogens with one attached hydrogen (secondary N) is 1. The molecule has 1 aromatic heterocycles. The summed E-state index contributed by atoms with van der Waals surface area (Å²) in [4.78, 5) is 11.2. The van der Waals surface area contributed by atoms with Crippen molar-refractivity contribution in [3.8, 4) is 0 Å². The van der Waals surface area contributed by atoms with E-state index in [4.69, 9.17) is 5.73 Å². The second-order valence-electron chi connectivity index (χ2n) is 2.22. The van der Waals surface area contributed by atoms with Crippen molar-refractivity contribution in [1.29, 1.82) is 0 Å². The first-order chi connectivity index (χ1) is 5.70. The fourth-order valence-electron chi connectivity index (χ4n) is 0.900. The Labute approximate surface area is 69.7 Å². The topological polar surface area (TPSA) is 85.8 Å². The predicted molar refractivity (Wildman–Crippen MR) is 43.5 cm³/mol. The van der Waals surface area contributed by atoms with E-state index in [-0.39, 0.29) is 11.7 Å². The van der Waals surface area contributed by atoms with E-state index < -0.39 is 0 Å². The zero-order valence-corrected chi connectivity index (χ0v) is 7.03. The average molecular weight is 169 g/mol. The van der Waals surface area contributed by atoms with Crippen molar-refractivity contribution >= 4 is 11.7 Å². The van der Waals surface area contributed by atoms with Gasteiger partial charge >= 0.3 is 0 Å². The van der Waals surface area contributed by atoms with Gasteiger partial charge in [0.2, 0.25) is 0 Å². The number of nitrogen functional groups attached to an aromatic ring is 1. The number of carbonyl (C=O) groups is 1. The first-order valence-corrected chi connectivity index (χ1v) is 3.61. The SMILES string of the molecule is CCn1nnc(N)c1C(=O)NC. The lowest BCUT2D eigenvalue weighted by atomic mass is 10.4. The normalized spacial score (nSPS) is 9.83. The number of nitrogens with zero attached hydrogens (tertiary/aromatic N) is 3. The molecular weight excluding hydrogens is 158 g/mol. The van der Waals surface area contributed by atoms with E-state index in [0.717, 1.165) is 0 Å². The maximum atomic E-state index is 11.2. The Morgan fingerprint density at radius 1 is 1.75 bits per heavy atom. The Morgan fingerprint density at radius 3 is 2.92 bits per heavy atom. The summed E-state index contributed by atoms with van der Waals surface area (Å²) in [6, 6.07) is 0. The van der Waals surface area contributed by atoms with Crippen LogP contribution in [0.1, 0.15) is 17.4 Å². The Balaban J connectivity index is 3.10. The largest absolute Gasteiger partial charge is 0.380 e. The van der Waals surface area contributed by atoms with Crippen LogP contribution >= 0.6 is 0 Å². The molecule has 66 valence electrons. The van der Waals surface area contributed by atoms with E-state index in [2.05, 4.69) is 15.6 Å². The van der Waals surface area contributed by atoms with Gasteiger partial charge in [-0.1, -0.05) is 5.21 Å². The molecule has 0 aliphatic carbocycles. The highest BCUT2D eigenvalue weighted by atomic mass is 16.2. The van der Waals surface area contributed by atoms with Gasteiger partial charge in [0, 0.05) is 13.6 Å². The lowest BCUT2D eigenvalue weighted by Crippen LogP contribution is -2.23. The molecule has 0 saturated carbocycles. The number of aryl methyl sites for hydroxylation is 1. The van der Waals surface area contributed by atoms with E-state index in [0.29, 0.717) is 12.2 Å². The predicted octanol–water partition coefficient (Wildman–Crippen LogP) is -0.760. The van der Waals surface area contributed by atoms with Crippen LogP contribution in [0.15, 0.2) is 0 Å². The molecule has 0 unspecified atom stereocenters. The molecule has 1 aromatic rings. The van der Waals surface area contributed by atoms with E-state index in [9.17, 15) is 4.79 Å². The first-order valence-electron chi connectivity index (χ1n) is 3.61. The van der Waals surface area contributed by atoms with Crippen LogP contribution in [0.4, 0.5) is 5.82 Å². The van der Waals surface area contributed by atoms with Crippen molar-refractivity contribution in [1.82, 2.24) is 20.3 Å². The number of hydrogen-bond donors (Lipinski definition) is 2. The molecule has 0 spiro atoms. The molecule has 0 saturated heterocycles. The maximum absolute atomic E-state index is 11.2. The van der Waals surface area contributed by atoms with Crippen molar-refractivity contribution in [2.75, 3.05) is 12.8 Å². The minimum atomic E-state index is -0.264. The molecule has 0 aliphatic heterocycles. The van der Waals surface area contributed by atoms with Crippen molar-refractivity contribution in [3.05, 3.63) is 5.69 Å². The van der Waals surface area contributed by atoms with Crippen LogP contribution in [0.25, 0.3) is 0 Å². The minimum absolute atomic E-state index is 0.163. The van der Waals surface area contributed by atoms with Crippen LogP contribution < -0.4 is 11.1 Å². The highest BCUT2D eigenvalue weighted by Gasteiger charge is 2.15. The summed E-state index contributed by atoms with van der Waals surface area (Å²) in [5.41, 5.74) is 5.76. The second-order valence-corrected chi connectivity index (χ2v) is 2.22. The maximum Gasteiger partial charge on any atom is 0.273 e. The number of aromatic nitrogens is 3. The van der Waals surface area contributed by atoms with Gasteiger partial charge in [0.25, 0.3) is 5.91 Å². The van der Waals surface area contributed by atoms with Gasteiger partial charge in [-0.25, -0.2) is 4.68 Å². The molecule has 1 heterocycles. The van der Waals surface area contributed by atoms with Gasteiger partial charge in [-0.2, -0.15) is 0 Å². The summed E-state index contributed by atoms with van der Waals surface area (Å²) < 4.78 is 1.45. The fourth-order valence-corrected chi connectivity index (χ4v) is 0.900. The number of hydrogen-bond acceptors (Lipinski definition) is 4. The average Bonchev–Trinajstić information content (AvgIpc) is 2.45. The van der Waals surface area contributed by atoms with Gasteiger partial charge in [-0.05, 0) is 6.92 Å². The summed E-state index contributed by atoms with van der Waals surface area (Å²) in [7, 11) is 1.54. The van der Waals surface area contributed by atoms with Crippen molar-refractivity contribution in [3.63, 3.8) is 0 Å². The summed E-state index contributed by atoms with van der Waals surface area (Å²) in [6.45, 7) is 2.44. The van der Waals surface area contributed by atoms with Gasteiger partial charge in [0.1, 0.15) is 0 Å². The minimum Gasteiger partial charge on any atom is -0.380 e. The third kappa shape index (κ3) is 1.23. The summed E-state index contributed by atoms with van der Waals surface area (Å²) in [5.74, 6) is -0.101. The Bertz CT molecular complexity index is 292. The molecule has 3 N–H and O–H groups in total. The van der Waals surface area contributed by atoms with E-state index in [1.54, 1.807) is 0 Å². The molecule has 1 rings (SSSR count). The monoisotopic (exact) mass is 169 g/mol. The zero-order chi connectivity index (χ0) is 9.14. The number of rotatable bonds is 2. The van der Waals surface area contributed by atoms with Crippen molar-refractivity contribution in [2.45, 2.75) is 13.5 Å². The summed E-state index contributed by atoms with van der Waals surface area (Å²) in [5, 5.41) is 9.73. The summed E-state index contributed by atoms with van der Waals surface area (Å²) in [6.07, 6.45) is 0. The smallest absolute Gasteiger partial charge is 0.273 e. The van der Waals surface area contributed by atoms with Crippen molar-refractivity contribution < 1.29 is 4.79 Å². The fraction of sp³-hybridized carbons (Fsp3) is 0.500. The van der Waals surface area contributed by atoms with Crippen LogP contribution in [0, 0.1) is 0 Å². The molecule has 0 aromatic carbocycles. The van der Waals surface area contributed by atoms with Crippen LogP contribution in [0.3, 0.4) is 0 Å². The Kier molecular flexibility index (Phi) is 2.27. The number of nitrogens with two attached hydrogens (primary N) is 1. The highest BCUT2D eigenvalue weighted by molar-refractivity contribution is 5.96. The highest BCUT2D eigenvalue weighted by Crippen LogP contribution is 2.05. The molecule has 0 bridgehead atoms. The van der Waals surface area contributed by atoms with Crippen molar-refractivity contribution in [2.24, 2.45) is 0 Å². The third-order valence-corrected chi connectivity index (χ3v) is 1.50. The van der Waals surface area contributed by atoms with E-state index in [1.165, 1.54) is 11.7 Å². The van der Waals surface area contributed by atoms with Crippen LogP contribution in [0.5, 0.6) is 0 Å². The van der Waals surface area contributed by atoms with Crippen LogP contribution in [-0.2, 0) is 6.54 Å². The van der Waals surface area contributed by atoms with Crippen LogP contribution in [-0.4, -0.2) is 27.9 Å². The Morgan fingerprint density at radius 2 is 2.42 bits per heavy atom. The van der Waals surface area contributed by atoms with Gasteiger partial charge in [0.15, 0.2) is 11.5 Å². The molecule has 0 radical (unpaired) electrons. The van der Waals surface area contributed by atoms with E-state index in [1.807, 2.05) is 6.92 Å². The molecule has 12 heavy (non-hydrogen) atoms. The molecule has 0 aliphatic rings. The molecular formula is C6H11N5O. The lowest BCUT2D eigenvalue weighted by Gasteiger charge is -2.01. The molecule has 1 amide bonds. The first kappa shape index (κ1) is 8.51. The number of amides is 1. The van der Waals surface area contributed by atoms with Gasteiger partial charge in [-0.15, -0.1) is 5.10 Å². The Hall–Kier alpha value is -1.59. The van der Waals surface area contributed by atoms with Gasteiger partial charge in [0.05, 0.1) is 0 Å². The standard InChI is InChI=1S/C6H11N5O/c1-3-11-4(6(12)8-2)5(7)9-10-11/h3,7H2,1-2H3,(H,8,12). The lowest BCUT2D eigenvalue weighted by molar-refractivity contribution is 0.0953. The number of carbonyl (C=O) groups excluding carboxylic acids is 1. The zero-order valence-electron chi connectivity index (χ0n) is 7.03. The van der Waals surface area contributed by atoms with Crippen LogP contribution in [0.2, 0.25) is 0 Å². The van der Waals surface area contributed by atoms with Gasteiger partial charge in [-0.3, -0.25) is 4.79 Å². The molecule has 6 nitrogen and oxygen atoms in total. The molecule has 0 fully saturated rings.